The number of aromatic nitrogens is 5. The fourth-order valence-electron chi connectivity index (χ4n) is 5.30. The number of anilines is 1. The van der Waals surface area contributed by atoms with Crippen LogP contribution in [0.2, 0.25) is 0 Å². The summed E-state index contributed by atoms with van der Waals surface area (Å²) in [6, 6.07) is 15.2. The molecule has 2 aromatic carbocycles. The van der Waals surface area contributed by atoms with Crippen molar-refractivity contribution < 1.29 is 22.8 Å². The van der Waals surface area contributed by atoms with E-state index in [4.69, 9.17) is 5.73 Å². The second-order valence-electron chi connectivity index (χ2n) is 10.6. The molecule has 0 spiro atoms. The Kier molecular flexibility index (Phi) is 9.10. The van der Waals surface area contributed by atoms with Gasteiger partial charge in [0, 0.05) is 35.3 Å². The highest BCUT2D eigenvalue weighted by molar-refractivity contribution is 5.97. The molecule has 0 saturated heterocycles. The number of carbonyl (C=O) groups excluding carboxylic acids is 2. The van der Waals surface area contributed by atoms with Crippen LogP contribution in [0, 0.1) is 11.8 Å². The minimum absolute atomic E-state index is 0.0400. The van der Waals surface area contributed by atoms with Crippen LogP contribution in [0.15, 0.2) is 66.9 Å². The molecule has 0 bridgehead atoms. The summed E-state index contributed by atoms with van der Waals surface area (Å²) in [6.07, 6.45) is -0.258. The van der Waals surface area contributed by atoms with E-state index in [2.05, 4.69) is 36.2 Å². The molecule has 1 aliphatic rings. The van der Waals surface area contributed by atoms with Gasteiger partial charge in [-0.25, -0.2) is 5.10 Å². The summed E-state index contributed by atoms with van der Waals surface area (Å²) in [5.41, 5.74) is 7.03. The lowest BCUT2D eigenvalue weighted by molar-refractivity contribution is -0.140. The number of rotatable bonds is 9. The zero-order chi connectivity index (χ0) is 30.4. The van der Waals surface area contributed by atoms with Crippen molar-refractivity contribution in [1.82, 2.24) is 30.9 Å². The van der Waals surface area contributed by atoms with Crippen LogP contribution in [0.3, 0.4) is 0 Å². The molecular formula is C30H31F3N8O2. The predicted octanol–water partition coefficient (Wildman–Crippen LogP) is 4.38. The van der Waals surface area contributed by atoms with Gasteiger partial charge in [-0.15, -0.1) is 5.10 Å². The van der Waals surface area contributed by atoms with Gasteiger partial charge >= 0.3 is 6.18 Å². The van der Waals surface area contributed by atoms with Crippen molar-refractivity contribution in [2.45, 2.75) is 44.3 Å². The van der Waals surface area contributed by atoms with Gasteiger partial charge in [0.1, 0.15) is 6.04 Å². The van der Waals surface area contributed by atoms with Gasteiger partial charge < -0.3 is 16.4 Å². The molecule has 5 N–H and O–H groups in total. The molecule has 224 valence electrons. The second kappa shape index (κ2) is 13.1. The number of nitrogens with two attached hydrogens (primary N) is 1. The van der Waals surface area contributed by atoms with Crippen molar-refractivity contribution in [2.75, 3.05) is 11.9 Å². The number of nitrogens with one attached hydrogen (secondary N) is 3. The molecule has 2 heterocycles. The van der Waals surface area contributed by atoms with E-state index in [0.29, 0.717) is 47.9 Å². The number of nitrogens with zero attached hydrogens (tertiary/aromatic N) is 4. The van der Waals surface area contributed by atoms with Crippen LogP contribution >= 0.6 is 0 Å². The van der Waals surface area contributed by atoms with Crippen molar-refractivity contribution in [3.8, 4) is 22.5 Å². The Labute approximate surface area is 245 Å². The maximum absolute atomic E-state index is 13.5. The van der Waals surface area contributed by atoms with Crippen LogP contribution in [0.5, 0.6) is 0 Å². The van der Waals surface area contributed by atoms with E-state index in [1.54, 1.807) is 48.5 Å². The van der Waals surface area contributed by atoms with Gasteiger partial charge in [0.2, 0.25) is 11.8 Å². The Morgan fingerprint density at radius 3 is 2.30 bits per heavy atom. The summed E-state index contributed by atoms with van der Waals surface area (Å²) < 4.78 is 40.5. The van der Waals surface area contributed by atoms with Crippen LogP contribution in [0.25, 0.3) is 22.5 Å². The summed E-state index contributed by atoms with van der Waals surface area (Å²) in [6.45, 7) is 0.588. The van der Waals surface area contributed by atoms with Crippen molar-refractivity contribution in [3.05, 3.63) is 78.1 Å². The fourth-order valence-corrected chi connectivity index (χ4v) is 5.30. The summed E-state index contributed by atoms with van der Waals surface area (Å²) in [5, 5.41) is 19.4. The Morgan fingerprint density at radius 2 is 1.67 bits per heavy atom. The molecule has 0 aliphatic heterocycles. The number of aromatic amines is 1. The van der Waals surface area contributed by atoms with Gasteiger partial charge in [0.15, 0.2) is 11.5 Å². The minimum Gasteiger partial charge on any atom is -0.344 e. The number of carbonyl (C=O) groups is 2. The number of hydrogen-bond acceptors (Lipinski definition) is 7. The van der Waals surface area contributed by atoms with E-state index in [1.165, 1.54) is 12.1 Å². The van der Waals surface area contributed by atoms with Crippen LogP contribution < -0.4 is 16.4 Å². The normalized spacial score (nSPS) is 17.7. The van der Waals surface area contributed by atoms with Crippen LogP contribution in [0.1, 0.15) is 36.9 Å². The molecule has 1 fully saturated rings. The summed E-state index contributed by atoms with van der Waals surface area (Å²) >= 11 is 0. The predicted molar refractivity (Wildman–Crippen MR) is 153 cm³/mol. The molecule has 2 aromatic heterocycles. The number of hydrogen-bond donors (Lipinski definition) is 4. The Balaban J connectivity index is 1.33. The molecule has 43 heavy (non-hydrogen) atoms. The Bertz CT molecular complexity index is 1520. The van der Waals surface area contributed by atoms with Crippen molar-refractivity contribution in [2.24, 2.45) is 17.6 Å². The first-order chi connectivity index (χ1) is 20.7. The van der Waals surface area contributed by atoms with Crippen LogP contribution in [-0.2, 0) is 22.2 Å². The molecular weight excluding hydrogens is 561 g/mol. The smallest absolute Gasteiger partial charge is 0.344 e. The van der Waals surface area contributed by atoms with Gasteiger partial charge in [-0.1, -0.05) is 30.3 Å². The van der Waals surface area contributed by atoms with Crippen LogP contribution in [-0.4, -0.2) is 50.0 Å². The van der Waals surface area contributed by atoms with Gasteiger partial charge in [-0.3, -0.25) is 14.6 Å². The molecule has 13 heteroatoms. The first kappa shape index (κ1) is 29.8. The van der Waals surface area contributed by atoms with E-state index < -0.39 is 23.8 Å². The molecule has 1 saturated carbocycles. The summed E-state index contributed by atoms with van der Waals surface area (Å²) in [7, 11) is 0. The third kappa shape index (κ3) is 7.41. The van der Waals surface area contributed by atoms with E-state index in [9.17, 15) is 22.8 Å². The monoisotopic (exact) mass is 592 g/mol. The third-order valence-corrected chi connectivity index (χ3v) is 7.74. The first-order valence-electron chi connectivity index (χ1n) is 14.0. The highest BCUT2D eigenvalue weighted by atomic mass is 19.4. The number of halogens is 3. The van der Waals surface area contributed by atoms with E-state index in [-0.39, 0.29) is 23.8 Å². The molecule has 5 rings (SSSR count). The molecule has 10 nitrogen and oxygen atoms in total. The molecule has 1 aliphatic carbocycles. The molecule has 2 amide bonds. The lowest BCUT2D eigenvalue weighted by atomic mass is 9.81. The first-order valence-corrected chi connectivity index (χ1v) is 14.0. The van der Waals surface area contributed by atoms with Crippen molar-refractivity contribution in [3.63, 3.8) is 0 Å². The summed E-state index contributed by atoms with van der Waals surface area (Å²) in [4.78, 5) is 30.2. The highest BCUT2D eigenvalue weighted by Gasteiger charge is 2.35. The SMILES string of the molecule is NC[C@H]1CC[C@H](C(=O)N[C@@H](Cc2ccc(-c3cccnc3C(F)(F)F)cc2)C(=O)Nc2ccc(-c3nnn[nH]3)cc2)CC1. The number of pyridine rings is 1. The molecule has 1 atom stereocenters. The van der Waals surface area contributed by atoms with Crippen molar-refractivity contribution in [1.29, 1.82) is 0 Å². The number of H-pyrrole nitrogens is 1. The third-order valence-electron chi connectivity index (χ3n) is 7.74. The Hall–Kier alpha value is -4.65. The minimum atomic E-state index is -4.60. The number of amides is 2. The van der Waals surface area contributed by atoms with E-state index in [0.717, 1.165) is 24.6 Å². The van der Waals surface area contributed by atoms with Crippen LogP contribution in [0.4, 0.5) is 18.9 Å². The van der Waals surface area contributed by atoms with Gasteiger partial charge in [0.25, 0.3) is 0 Å². The zero-order valence-corrected chi connectivity index (χ0v) is 23.1. The maximum Gasteiger partial charge on any atom is 0.433 e. The number of alkyl halides is 3. The molecule has 4 aromatic rings. The highest BCUT2D eigenvalue weighted by Crippen LogP contribution is 2.35. The fraction of sp³-hybridized carbons (Fsp3) is 0.333. The lowest BCUT2D eigenvalue weighted by Crippen LogP contribution is -2.48. The number of benzene rings is 2. The zero-order valence-electron chi connectivity index (χ0n) is 23.1. The van der Waals surface area contributed by atoms with E-state index in [1.807, 2.05) is 0 Å². The largest absolute Gasteiger partial charge is 0.433 e. The van der Waals surface area contributed by atoms with E-state index >= 15 is 0 Å². The molecule has 0 radical (unpaired) electrons. The van der Waals surface area contributed by atoms with Gasteiger partial charge in [-0.2, -0.15) is 13.2 Å². The van der Waals surface area contributed by atoms with Gasteiger partial charge in [0.05, 0.1) is 0 Å². The molecule has 0 unspecified atom stereocenters. The summed E-state index contributed by atoms with van der Waals surface area (Å²) in [5.74, 6) is 0.0282. The standard InChI is InChI=1S/C30H31F3N8O2/c31-30(32,33)26-24(2-1-15-35-26)20-7-3-18(4-8-20)16-25(37-28(42)22-9-5-19(17-34)6-10-22)29(43)36-23-13-11-21(12-14-23)27-38-40-41-39-27/h1-4,7-8,11-15,19,22,25H,5-6,9-10,16-17,34H2,(H,36,43)(H,37,42)(H,38,39,40,41)/t19-,22-,25-/m0/s1. The second-order valence-corrected chi connectivity index (χ2v) is 10.6. The Morgan fingerprint density at radius 1 is 0.977 bits per heavy atom. The number of tetrazole rings is 1. The maximum atomic E-state index is 13.5. The van der Waals surface area contributed by atoms with Crippen molar-refractivity contribution >= 4 is 17.5 Å². The quantitative estimate of drug-likeness (QED) is 0.225. The average Bonchev–Trinajstić information content (AvgIpc) is 3.56. The topological polar surface area (TPSA) is 152 Å². The average molecular weight is 593 g/mol. The van der Waals surface area contributed by atoms with Gasteiger partial charge in [-0.05, 0) is 90.0 Å². The lowest BCUT2D eigenvalue weighted by Gasteiger charge is -2.28.